The van der Waals surface area contributed by atoms with Gasteiger partial charge in [0.15, 0.2) is 0 Å². The van der Waals surface area contributed by atoms with Gasteiger partial charge in [-0.3, -0.25) is 14.5 Å². The fourth-order valence-corrected chi connectivity index (χ4v) is 6.92. The van der Waals surface area contributed by atoms with E-state index < -0.39 is 6.10 Å². The molecule has 3 unspecified atom stereocenters. The van der Waals surface area contributed by atoms with Crippen LogP contribution in [0.2, 0.25) is 5.02 Å². The van der Waals surface area contributed by atoms with Gasteiger partial charge in [0, 0.05) is 54.9 Å². The first-order valence-corrected chi connectivity index (χ1v) is 14.4. The number of β-amino-alcohol motifs (C(OH)–C–C–N with tert-alkyl or cyclic N) is 1. The van der Waals surface area contributed by atoms with Crippen molar-refractivity contribution in [1.29, 1.82) is 0 Å². The Morgan fingerprint density at radius 2 is 1.61 bits per heavy atom. The number of rotatable bonds is 7. The van der Waals surface area contributed by atoms with Gasteiger partial charge < -0.3 is 14.9 Å². The van der Waals surface area contributed by atoms with Crippen molar-refractivity contribution in [3.8, 4) is 0 Å². The minimum absolute atomic E-state index is 0.0221. The molecule has 3 fully saturated rings. The van der Waals surface area contributed by atoms with Crippen LogP contribution in [0.1, 0.15) is 52.7 Å². The molecule has 38 heavy (non-hydrogen) atoms. The molecule has 2 heterocycles. The molecule has 204 valence electrons. The molecule has 6 nitrogen and oxygen atoms in total. The Morgan fingerprint density at radius 1 is 0.974 bits per heavy atom. The number of aliphatic hydroxyl groups excluding tert-OH is 1. The van der Waals surface area contributed by atoms with E-state index in [4.69, 9.17) is 11.6 Å². The molecule has 0 radical (unpaired) electrons. The molecule has 1 saturated carbocycles. The molecular weight excluding hydrogens is 498 g/mol. The number of aryl methyl sites for hydroxylation is 3. The largest absolute Gasteiger partial charge is 0.390 e. The second-order valence-electron chi connectivity index (χ2n) is 11.7. The first-order chi connectivity index (χ1) is 18.2. The van der Waals surface area contributed by atoms with Crippen LogP contribution < -0.4 is 4.90 Å². The second-order valence-corrected chi connectivity index (χ2v) is 12.1. The van der Waals surface area contributed by atoms with Crippen LogP contribution in [0.15, 0.2) is 36.4 Å². The lowest BCUT2D eigenvalue weighted by Crippen LogP contribution is -2.45. The number of fused-ring (bicyclic) bond motifs is 1. The molecule has 2 aromatic rings. The molecule has 1 aliphatic carbocycles. The number of aliphatic hydroxyl groups is 1. The third kappa shape index (κ3) is 5.63. The monoisotopic (exact) mass is 537 g/mol. The number of hydrogen-bond acceptors (Lipinski definition) is 4. The maximum atomic E-state index is 13.5. The predicted octanol–water partition coefficient (Wildman–Crippen LogP) is 4.85. The Labute approximate surface area is 231 Å². The molecule has 2 amide bonds. The molecule has 2 saturated heterocycles. The van der Waals surface area contributed by atoms with Crippen LogP contribution in [0, 0.1) is 38.5 Å². The lowest BCUT2D eigenvalue weighted by Gasteiger charge is -2.30. The maximum Gasteiger partial charge on any atom is 0.254 e. The van der Waals surface area contributed by atoms with Gasteiger partial charge in [-0.2, -0.15) is 0 Å². The summed E-state index contributed by atoms with van der Waals surface area (Å²) < 4.78 is 0. The van der Waals surface area contributed by atoms with Gasteiger partial charge in [0.1, 0.15) is 0 Å². The summed E-state index contributed by atoms with van der Waals surface area (Å²) in [7, 11) is 0. The van der Waals surface area contributed by atoms with Crippen molar-refractivity contribution in [2.75, 3.05) is 44.2 Å². The van der Waals surface area contributed by atoms with Gasteiger partial charge in [-0.15, -0.1) is 0 Å². The van der Waals surface area contributed by atoms with Crippen LogP contribution in [-0.4, -0.2) is 72.1 Å². The Kier molecular flexibility index (Phi) is 8.13. The van der Waals surface area contributed by atoms with Gasteiger partial charge >= 0.3 is 0 Å². The summed E-state index contributed by atoms with van der Waals surface area (Å²) in [5, 5.41) is 11.8. The quantitative estimate of drug-likeness (QED) is 0.548. The Morgan fingerprint density at radius 3 is 2.21 bits per heavy atom. The fourth-order valence-electron chi connectivity index (χ4n) is 6.75. The summed E-state index contributed by atoms with van der Waals surface area (Å²) in [6, 6.07) is 11.7. The highest BCUT2D eigenvalue weighted by molar-refractivity contribution is 6.31. The summed E-state index contributed by atoms with van der Waals surface area (Å²) in [5.41, 5.74) is 4.63. The van der Waals surface area contributed by atoms with Crippen LogP contribution in [0.3, 0.4) is 0 Å². The van der Waals surface area contributed by atoms with Crippen molar-refractivity contribution in [2.24, 2.45) is 17.8 Å². The molecule has 3 aliphatic rings. The van der Waals surface area contributed by atoms with Crippen LogP contribution in [0.5, 0.6) is 0 Å². The molecule has 0 bridgehead atoms. The van der Waals surface area contributed by atoms with E-state index in [0.717, 1.165) is 79.8 Å². The smallest absolute Gasteiger partial charge is 0.254 e. The highest BCUT2D eigenvalue weighted by Crippen LogP contribution is 2.34. The zero-order chi connectivity index (χ0) is 27.0. The topological polar surface area (TPSA) is 64.1 Å². The molecule has 2 aromatic carbocycles. The Bertz CT molecular complexity index is 1160. The van der Waals surface area contributed by atoms with E-state index in [9.17, 15) is 14.7 Å². The van der Waals surface area contributed by atoms with Gasteiger partial charge in [0.2, 0.25) is 5.91 Å². The van der Waals surface area contributed by atoms with Gasteiger partial charge in [-0.1, -0.05) is 48.7 Å². The van der Waals surface area contributed by atoms with E-state index in [-0.39, 0.29) is 24.3 Å². The van der Waals surface area contributed by atoms with E-state index in [0.29, 0.717) is 23.4 Å². The number of nitrogens with zero attached hydrogens (tertiary/aromatic N) is 3. The highest BCUT2D eigenvalue weighted by atomic mass is 35.5. The summed E-state index contributed by atoms with van der Waals surface area (Å²) in [4.78, 5) is 32.8. The molecule has 5 rings (SSSR count). The van der Waals surface area contributed by atoms with Crippen molar-refractivity contribution < 1.29 is 14.7 Å². The first kappa shape index (κ1) is 27.2. The van der Waals surface area contributed by atoms with Gasteiger partial charge in [-0.25, -0.2) is 0 Å². The van der Waals surface area contributed by atoms with Crippen molar-refractivity contribution in [2.45, 2.75) is 52.6 Å². The van der Waals surface area contributed by atoms with E-state index in [1.54, 1.807) is 4.90 Å². The normalized spacial score (nSPS) is 22.6. The van der Waals surface area contributed by atoms with E-state index in [1.165, 1.54) is 0 Å². The summed E-state index contributed by atoms with van der Waals surface area (Å²) in [6.45, 7) is 10.00. The fraction of sp³-hybridized carbons (Fsp3) is 0.548. The van der Waals surface area contributed by atoms with Crippen molar-refractivity contribution in [3.05, 3.63) is 63.7 Å². The van der Waals surface area contributed by atoms with Crippen molar-refractivity contribution in [1.82, 2.24) is 9.80 Å². The standard InChI is InChI=1S/C31H40ClN3O3/c1-20-11-12-26(13-28(20)32)35(30(37)23-9-4-5-10-23)19-27(36)18-33-14-24-16-34(17-25(24)15-33)31(38)29-21(2)7-6-8-22(29)3/h6-8,11-13,23-25,27,36H,4-5,9-10,14-19H2,1-3H3. The number of anilines is 1. The lowest BCUT2D eigenvalue weighted by atomic mass is 10.0. The number of hydrogen-bond donors (Lipinski definition) is 1. The average molecular weight is 538 g/mol. The van der Waals surface area contributed by atoms with Crippen LogP contribution in [0.25, 0.3) is 0 Å². The Balaban J connectivity index is 1.20. The molecule has 7 heteroatoms. The third-order valence-electron chi connectivity index (χ3n) is 8.84. The minimum atomic E-state index is -0.661. The number of carbonyl (C=O) groups is 2. The minimum Gasteiger partial charge on any atom is -0.390 e. The number of carbonyl (C=O) groups excluding carboxylic acids is 2. The molecule has 1 N–H and O–H groups in total. The van der Waals surface area contributed by atoms with Gasteiger partial charge in [0.25, 0.3) is 5.91 Å². The zero-order valence-electron chi connectivity index (χ0n) is 22.8. The zero-order valence-corrected chi connectivity index (χ0v) is 23.6. The maximum absolute atomic E-state index is 13.5. The average Bonchev–Trinajstić information content (AvgIpc) is 3.61. The second kappa shape index (κ2) is 11.4. The lowest BCUT2D eigenvalue weighted by molar-refractivity contribution is -0.122. The van der Waals surface area contributed by atoms with Crippen LogP contribution in [0.4, 0.5) is 5.69 Å². The van der Waals surface area contributed by atoms with Crippen LogP contribution >= 0.6 is 11.6 Å². The Hall–Kier alpha value is -2.41. The highest BCUT2D eigenvalue weighted by Gasteiger charge is 2.42. The molecule has 0 spiro atoms. The van der Waals surface area contributed by atoms with E-state index >= 15 is 0 Å². The number of halogens is 1. The van der Waals surface area contributed by atoms with E-state index in [1.807, 2.05) is 62.1 Å². The molecule has 2 aliphatic heterocycles. The molecule has 0 aromatic heterocycles. The predicted molar refractivity (Wildman–Crippen MR) is 152 cm³/mol. The van der Waals surface area contributed by atoms with E-state index in [2.05, 4.69) is 4.90 Å². The van der Waals surface area contributed by atoms with Crippen molar-refractivity contribution in [3.63, 3.8) is 0 Å². The molecule has 3 atom stereocenters. The van der Waals surface area contributed by atoms with Crippen LogP contribution in [-0.2, 0) is 4.79 Å². The molecular formula is C31H40ClN3O3. The number of likely N-dealkylation sites (tertiary alicyclic amines) is 2. The van der Waals surface area contributed by atoms with Gasteiger partial charge in [0.05, 0.1) is 12.6 Å². The summed E-state index contributed by atoms with van der Waals surface area (Å²) in [6.07, 6.45) is 3.34. The van der Waals surface area contributed by atoms with Crippen molar-refractivity contribution >= 4 is 29.1 Å². The number of benzene rings is 2. The first-order valence-electron chi connectivity index (χ1n) is 14.0. The van der Waals surface area contributed by atoms with Gasteiger partial charge in [-0.05, 0) is 74.3 Å². The summed E-state index contributed by atoms with van der Waals surface area (Å²) >= 11 is 6.40. The third-order valence-corrected chi connectivity index (χ3v) is 9.25. The summed E-state index contributed by atoms with van der Waals surface area (Å²) in [5.74, 6) is 1.10. The number of amides is 2. The SMILES string of the molecule is Cc1ccc(N(CC(O)CN2CC3CN(C(=O)c4c(C)cccc4C)CC3C2)C(=O)C2CCCC2)cc1Cl.